The van der Waals surface area contributed by atoms with E-state index in [-0.39, 0.29) is 10.8 Å². The summed E-state index contributed by atoms with van der Waals surface area (Å²) in [5, 5.41) is 10.6. The Kier molecular flexibility index (Phi) is 9.05. The molecule has 0 atom stereocenters. The van der Waals surface area contributed by atoms with Gasteiger partial charge in [-0.3, -0.25) is 0 Å². The second-order valence-corrected chi connectivity index (χ2v) is 23.3. The van der Waals surface area contributed by atoms with Gasteiger partial charge in [-0.1, -0.05) is 198 Å². The maximum atomic E-state index is 2.63. The number of para-hydroxylation sites is 4. The van der Waals surface area contributed by atoms with Crippen LogP contribution in [0, 0.1) is 0 Å². The Balaban J connectivity index is 1.08. The fourth-order valence-electron chi connectivity index (χ4n) is 11.6. The molecular weight excluding hydrogens is 801 g/mol. The van der Waals surface area contributed by atoms with Gasteiger partial charge in [0.25, 0.3) is 0 Å². The van der Waals surface area contributed by atoms with Gasteiger partial charge in [-0.2, -0.15) is 0 Å². The number of nitrogens with zero attached hydrogens (tertiary/aromatic N) is 2. The topological polar surface area (TPSA) is 9.86 Å². The van der Waals surface area contributed by atoms with E-state index >= 15 is 0 Å². The van der Waals surface area contributed by atoms with E-state index in [1.807, 2.05) is 0 Å². The number of hydrogen-bond acceptors (Lipinski definition) is 0. The molecule has 0 fully saturated rings. The second kappa shape index (κ2) is 14.9. The summed E-state index contributed by atoms with van der Waals surface area (Å²) in [5.74, 6) is 0. The summed E-state index contributed by atoms with van der Waals surface area (Å²) in [6.45, 7) is 9.77. The molecule has 0 saturated heterocycles. The van der Waals surface area contributed by atoms with Crippen LogP contribution in [0.4, 0.5) is 0 Å². The van der Waals surface area contributed by atoms with Crippen molar-refractivity contribution >= 4 is 72.4 Å². The molecular formula is C62H52N2Si. The van der Waals surface area contributed by atoms with Crippen LogP contribution in [0.1, 0.15) is 51.7 Å². The molecule has 0 amide bonds. The quantitative estimate of drug-likeness (QED) is 0.112. The summed E-state index contributed by atoms with van der Waals surface area (Å²) in [4.78, 5) is 0. The molecule has 1 aliphatic rings. The molecule has 65 heavy (non-hydrogen) atoms. The summed E-state index contributed by atoms with van der Waals surface area (Å²) in [5.41, 5.74) is 12.9. The number of rotatable bonds is 7. The maximum Gasteiger partial charge on any atom is 0.179 e. The monoisotopic (exact) mass is 852 g/mol. The standard InChI is InChI=1S/C62H52N2Si/c1-61(2)39-40-62(3,4)56-42-49(36-37-55(56)61)65(46-21-10-6-11-22-46,47-23-12-7-13-24-47)48-34-32-45(33-35-48)64-58-30-17-14-25-51(58)53-28-18-27-50(60(53)64)43-31-38-59-54(41-43)52-26-15-16-29-57(52)63(59)44-19-8-5-9-20-44/h5-38,41-42H,39-40H2,1-4H3. The van der Waals surface area contributed by atoms with E-state index in [2.05, 4.69) is 255 Å². The van der Waals surface area contributed by atoms with E-state index in [4.69, 9.17) is 0 Å². The van der Waals surface area contributed by atoms with Crippen LogP contribution in [0.15, 0.2) is 218 Å². The van der Waals surface area contributed by atoms with Crippen molar-refractivity contribution in [2.24, 2.45) is 0 Å². The van der Waals surface area contributed by atoms with Gasteiger partial charge in [0.05, 0.1) is 22.1 Å². The van der Waals surface area contributed by atoms with Crippen molar-refractivity contribution in [1.29, 1.82) is 0 Å². The van der Waals surface area contributed by atoms with E-state index in [9.17, 15) is 0 Å². The molecule has 2 aromatic heterocycles. The number of fused-ring (bicyclic) bond motifs is 7. The van der Waals surface area contributed by atoms with Crippen molar-refractivity contribution in [3.63, 3.8) is 0 Å². The van der Waals surface area contributed by atoms with Crippen molar-refractivity contribution in [3.05, 3.63) is 230 Å². The van der Waals surface area contributed by atoms with Crippen molar-refractivity contribution in [2.45, 2.75) is 51.4 Å². The van der Waals surface area contributed by atoms with Gasteiger partial charge in [0.1, 0.15) is 0 Å². The van der Waals surface area contributed by atoms with Crippen LogP contribution >= 0.6 is 0 Å². The fourth-order valence-corrected chi connectivity index (χ4v) is 16.3. The summed E-state index contributed by atoms with van der Waals surface area (Å²) < 4.78 is 4.91. The van der Waals surface area contributed by atoms with Crippen LogP contribution in [0.3, 0.4) is 0 Å². The summed E-state index contributed by atoms with van der Waals surface area (Å²) in [6, 6.07) is 82.5. The van der Waals surface area contributed by atoms with Crippen LogP contribution in [0.25, 0.3) is 66.1 Å². The Morgan fingerprint density at radius 2 is 0.846 bits per heavy atom. The van der Waals surface area contributed by atoms with Gasteiger partial charge < -0.3 is 9.13 Å². The average molecular weight is 853 g/mol. The zero-order chi connectivity index (χ0) is 43.9. The molecule has 0 aliphatic heterocycles. The van der Waals surface area contributed by atoms with E-state index in [1.165, 1.54) is 105 Å². The van der Waals surface area contributed by atoms with Crippen molar-refractivity contribution in [1.82, 2.24) is 9.13 Å². The minimum absolute atomic E-state index is 0.0932. The first-order valence-corrected chi connectivity index (χ1v) is 25.2. The number of benzene rings is 9. The summed E-state index contributed by atoms with van der Waals surface area (Å²) in [6.07, 6.45) is 2.38. The molecule has 2 heterocycles. The molecule has 0 unspecified atom stereocenters. The molecule has 9 aromatic carbocycles. The molecule has 12 rings (SSSR count). The maximum absolute atomic E-state index is 2.83. The molecule has 0 bridgehead atoms. The van der Waals surface area contributed by atoms with Crippen molar-refractivity contribution in [2.75, 3.05) is 0 Å². The molecule has 1 aliphatic carbocycles. The molecule has 3 heteroatoms. The lowest BCUT2D eigenvalue weighted by Crippen LogP contribution is -2.74. The van der Waals surface area contributed by atoms with Crippen molar-refractivity contribution < 1.29 is 0 Å². The van der Waals surface area contributed by atoms with Gasteiger partial charge >= 0.3 is 0 Å². The Hall–Kier alpha value is -7.20. The van der Waals surface area contributed by atoms with Gasteiger partial charge in [0.15, 0.2) is 8.07 Å². The van der Waals surface area contributed by atoms with Crippen LogP contribution < -0.4 is 20.7 Å². The Morgan fingerprint density at radius 3 is 1.51 bits per heavy atom. The predicted octanol–water partition coefficient (Wildman–Crippen LogP) is 13.3. The number of hydrogen-bond donors (Lipinski definition) is 0. The van der Waals surface area contributed by atoms with E-state index < -0.39 is 8.07 Å². The third-order valence-corrected chi connectivity index (χ3v) is 19.7. The molecule has 0 N–H and O–H groups in total. The van der Waals surface area contributed by atoms with Gasteiger partial charge in [0, 0.05) is 38.5 Å². The Morgan fingerprint density at radius 1 is 0.354 bits per heavy atom. The normalized spacial score (nSPS) is 14.6. The third kappa shape index (κ3) is 6.06. The van der Waals surface area contributed by atoms with Crippen molar-refractivity contribution in [3.8, 4) is 22.5 Å². The summed E-state index contributed by atoms with van der Waals surface area (Å²) >= 11 is 0. The van der Waals surface area contributed by atoms with Gasteiger partial charge in [-0.25, -0.2) is 0 Å². The third-order valence-electron chi connectivity index (χ3n) is 15.0. The van der Waals surface area contributed by atoms with Crippen LogP contribution in [0.5, 0.6) is 0 Å². The minimum atomic E-state index is -2.83. The van der Waals surface area contributed by atoms with Crippen LogP contribution in [0.2, 0.25) is 0 Å². The predicted molar refractivity (Wildman–Crippen MR) is 279 cm³/mol. The lowest BCUT2D eigenvalue weighted by Gasteiger charge is -2.43. The highest BCUT2D eigenvalue weighted by Crippen LogP contribution is 2.46. The highest BCUT2D eigenvalue weighted by molar-refractivity contribution is 7.19. The first-order chi connectivity index (χ1) is 31.7. The smallest absolute Gasteiger partial charge is 0.179 e. The Bertz CT molecular complexity index is 3540. The first-order valence-electron chi connectivity index (χ1n) is 23.2. The Labute approximate surface area is 383 Å². The molecule has 314 valence electrons. The largest absolute Gasteiger partial charge is 0.309 e. The van der Waals surface area contributed by atoms with Gasteiger partial charge in [-0.15, -0.1) is 0 Å². The zero-order valence-corrected chi connectivity index (χ0v) is 38.6. The first kappa shape index (κ1) is 39.4. The molecule has 11 aromatic rings. The SMILES string of the molecule is CC1(C)CCC(C)(C)c2cc([Si](c3ccccc3)(c3ccccc3)c3ccc(-n4c5ccccc5c5cccc(-c6ccc7c(c6)c6ccccc6n7-c6ccccc6)c54)cc3)ccc21. The van der Waals surface area contributed by atoms with Crippen LogP contribution in [-0.4, -0.2) is 17.2 Å². The van der Waals surface area contributed by atoms with Crippen LogP contribution in [-0.2, 0) is 10.8 Å². The molecule has 0 spiro atoms. The fraction of sp³-hybridized carbons (Fsp3) is 0.129. The molecule has 2 nitrogen and oxygen atoms in total. The molecule has 0 radical (unpaired) electrons. The lowest BCUT2D eigenvalue weighted by atomic mass is 9.63. The summed E-state index contributed by atoms with van der Waals surface area (Å²) in [7, 11) is -2.83. The van der Waals surface area contributed by atoms with E-state index in [0.717, 1.165) is 5.69 Å². The van der Waals surface area contributed by atoms with E-state index in [1.54, 1.807) is 0 Å². The zero-order valence-electron chi connectivity index (χ0n) is 37.6. The highest BCUT2D eigenvalue weighted by atomic mass is 28.3. The minimum Gasteiger partial charge on any atom is -0.309 e. The molecule has 0 saturated carbocycles. The van der Waals surface area contributed by atoms with Gasteiger partial charge in [0.2, 0.25) is 0 Å². The number of aromatic nitrogens is 2. The second-order valence-electron chi connectivity index (χ2n) is 19.5. The van der Waals surface area contributed by atoms with E-state index in [0.29, 0.717) is 0 Å². The van der Waals surface area contributed by atoms with Gasteiger partial charge in [-0.05, 0) is 110 Å². The highest BCUT2D eigenvalue weighted by Gasteiger charge is 2.44. The lowest BCUT2D eigenvalue weighted by molar-refractivity contribution is 0.332. The average Bonchev–Trinajstić information content (AvgIpc) is 3.87.